The standard InChI is InChI=1S/C15H18O7/c1-6-3-7-15(19)12(2)5-20-11(17)14(12,18)8-4-13(6,15)9(21-7)10(16)22-8/h6-9,18-19H,3-5H2,1-2H3/t6-,7+,8-,9+,12-,13+,14-,15+/m1/s1. The molecule has 3 bridgehead atoms. The fourth-order valence-electron chi connectivity index (χ4n) is 6.20. The van der Waals surface area contributed by atoms with Gasteiger partial charge in [-0.15, -0.1) is 0 Å². The molecule has 22 heavy (non-hydrogen) atoms. The molecule has 5 aliphatic rings. The highest BCUT2D eigenvalue weighted by atomic mass is 16.6. The monoisotopic (exact) mass is 310 g/mol. The minimum absolute atomic E-state index is 0.0358. The molecule has 0 radical (unpaired) electrons. The van der Waals surface area contributed by atoms with Crippen molar-refractivity contribution in [1.82, 2.24) is 0 Å². The molecule has 7 heteroatoms. The van der Waals surface area contributed by atoms with Crippen LogP contribution >= 0.6 is 0 Å². The summed E-state index contributed by atoms with van der Waals surface area (Å²) in [5.74, 6) is -1.39. The third kappa shape index (κ3) is 0.871. The van der Waals surface area contributed by atoms with Crippen molar-refractivity contribution in [3.05, 3.63) is 0 Å². The Morgan fingerprint density at radius 2 is 1.95 bits per heavy atom. The quantitative estimate of drug-likeness (QED) is 0.561. The largest absolute Gasteiger partial charge is 0.463 e. The number of hydrogen-bond donors (Lipinski definition) is 2. The third-order valence-corrected chi connectivity index (χ3v) is 7.34. The topological polar surface area (TPSA) is 102 Å². The summed E-state index contributed by atoms with van der Waals surface area (Å²) in [6.45, 7) is 3.53. The number of hydrogen-bond acceptors (Lipinski definition) is 7. The van der Waals surface area contributed by atoms with Crippen molar-refractivity contribution in [1.29, 1.82) is 0 Å². The van der Waals surface area contributed by atoms with Gasteiger partial charge in [-0.25, -0.2) is 9.59 Å². The van der Waals surface area contributed by atoms with Gasteiger partial charge >= 0.3 is 11.9 Å². The van der Waals surface area contributed by atoms with Gasteiger partial charge in [0.15, 0.2) is 6.10 Å². The molecular weight excluding hydrogens is 292 g/mol. The smallest absolute Gasteiger partial charge is 0.342 e. The number of carbonyl (C=O) groups excluding carboxylic acids is 2. The first-order valence-electron chi connectivity index (χ1n) is 7.71. The first kappa shape index (κ1) is 13.3. The van der Waals surface area contributed by atoms with Crippen LogP contribution in [0.4, 0.5) is 0 Å². The number of cyclic esters (lactones) is 1. The molecule has 0 aromatic heterocycles. The van der Waals surface area contributed by atoms with E-state index in [0.717, 1.165) is 0 Å². The number of fused-ring (bicyclic) bond motifs is 3. The number of rotatable bonds is 0. The first-order chi connectivity index (χ1) is 10.2. The van der Waals surface area contributed by atoms with Gasteiger partial charge in [-0.2, -0.15) is 0 Å². The molecule has 0 aromatic rings. The van der Waals surface area contributed by atoms with Crippen LogP contribution in [0.25, 0.3) is 0 Å². The fraction of sp³-hybridized carbons (Fsp3) is 0.867. The van der Waals surface area contributed by atoms with Crippen LogP contribution in [0.2, 0.25) is 0 Å². The van der Waals surface area contributed by atoms with Crippen LogP contribution in [0.15, 0.2) is 0 Å². The molecule has 120 valence electrons. The molecule has 3 aliphatic heterocycles. The van der Waals surface area contributed by atoms with E-state index in [1.165, 1.54) is 0 Å². The summed E-state index contributed by atoms with van der Waals surface area (Å²) >= 11 is 0. The van der Waals surface area contributed by atoms with Crippen LogP contribution in [-0.4, -0.2) is 58.3 Å². The van der Waals surface area contributed by atoms with E-state index in [1.54, 1.807) is 6.92 Å². The Balaban J connectivity index is 1.85. The summed E-state index contributed by atoms with van der Waals surface area (Å²) in [5.41, 5.74) is -5.60. The van der Waals surface area contributed by atoms with Crippen molar-refractivity contribution in [3.63, 3.8) is 0 Å². The number of esters is 2. The summed E-state index contributed by atoms with van der Waals surface area (Å²) < 4.78 is 16.3. The highest BCUT2D eigenvalue weighted by Gasteiger charge is 2.91. The van der Waals surface area contributed by atoms with Crippen molar-refractivity contribution in [2.45, 2.75) is 56.2 Å². The van der Waals surface area contributed by atoms with E-state index in [-0.39, 0.29) is 18.9 Å². The zero-order chi connectivity index (χ0) is 15.7. The van der Waals surface area contributed by atoms with E-state index in [1.807, 2.05) is 6.92 Å². The summed E-state index contributed by atoms with van der Waals surface area (Å²) in [4.78, 5) is 24.6. The van der Waals surface area contributed by atoms with Gasteiger partial charge < -0.3 is 24.4 Å². The Bertz CT molecular complexity index is 633. The maximum Gasteiger partial charge on any atom is 0.342 e. The average molecular weight is 310 g/mol. The second-order valence-electron chi connectivity index (χ2n) is 7.75. The summed E-state index contributed by atoms with van der Waals surface area (Å²) in [5, 5.41) is 22.8. The zero-order valence-corrected chi connectivity index (χ0v) is 12.4. The van der Waals surface area contributed by atoms with Gasteiger partial charge in [-0.3, -0.25) is 0 Å². The van der Waals surface area contributed by atoms with Gasteiger partial charge in [0.05, 0.1) is 11.5 Å². The Hall–Kier alpha value is -1.18. The maximum absolute atomic E-state index is 12.4. The van der Waals surface area contributed by atoms with E-state index < -0.39 is 52.3 Å². The van der Waals surface area contributed by atoms with E-state index >= 15 is 0 Å². The molecule has 3 heterocycles. The average Bonchev–Trinajstić information content (AvgIpc) is 2.96. The van der Waals surface area contributed by atoms with Crippen LogP contribution in [-0.2, 0) is 23.8 Å². The highest BCUT2D eigenvalue weighted by Crippen LogP contribution is 2.75. The Labute approximate surface area is 126 Å². The van der Waals surface area contributed by atoms with Crippen molar-refractivity contribution >= 4 is 11.9 Å². The molecule has 7 nitrogen and oxygen atoms in total. The Kier molecular flexibility index (Phi) is 1.93. The van der Waals surface area contributed by atoms with Gasteiger partial charge in [0, 0.05) is 5.41 Å². The van der Waals surface area contributed by atoms with E-state index in [0.29, 0.717) is 6.42 Å². The fourth-order valence-corrected chi connectivity index (χ4v) is 6.20. The maximum atomic E-state index is 12.4. The lowest BCUT2D eigenvalue weighted by Crippen LogP contribution is -2.79. The predicted molar refractivity (Wildman–Crippen MR) is 68.3 cm³/mol. The van der Waals surface area contributed by atoms with Crippen molar-refractivity contribution in [2.24, 2.45) is 16.7 Å². The number of carbonyl (C=O) groups is 2. The summed E-state index contributed by atoms with van der Waals surface area (Å²) in [6.07, 6.45) is -1.63. The molecule has 5 rings (SSSR count). The number of aliphatic hydroxyl groups is 2. The summed E-state index contributed by atoms with van der Waals surface area (Å²) in [6, 6.07) is 0. The Morgan fingerprint density at radius 3 is 2.68 bits per heavy atom. The second-order valence-corrected chi connectivity index (χ2v) is 7.75. The van der Waals surface area contributed by atoms with Gasteiger partial charge in [0.1, 0.15) is 18.3 Å². The van der Waals surface area contributed by atoms with Crippen LogP contribution in [0, 0.1) is 16.7 Å². The molecule has 1 spiro atoms. The van der Waals surface area contributed by atoms with Gasteiger partial charge in [-0.1, -0.05) is 6.92 Å². The normalized spacial score (nSPS) is 64.4. The van der Waals surface area contributed by atoms with Crippen LogP contribution < -0.4 is 0 Å². The van der Waals surface area contributed by atoms with Crippen molar-refractivity contribution < 1.29 is 34.0 Å². The molecule has 2 N–H and O–H groups in total. The minimum Gasteiger partial charge on any atom is -0.463 e. The molecule has 2 saturated carbocycles. The van der Waals surface area contributed by atoms with Crippen LogP contribution in [0.3, 0.4) is 0 Å². The lowest BCUT2D eigenvalue weighted by molar-refractivity contribution is -0.292. The van der Waals surface area contributed by atoms with Crippen molar-refractivity contribution in [3.8, 4) is 0 Å². The van der Waals surface area contributed by atoms with Crippen molar-refractivity contribution in [2.75, 3.05) is 6.61 Å². The lowest BCUT2D eigenvalue weighted by Gasteiger charge is -2.61. The third-order valence-electron chi connectivity index (χ3n) is 7.34. The van der Waals surface area contributed by atoms with E-state index in [9.17, 15) is 19.8 Å². The van der Waals surface area contributed by atoms with E-state index in [4.69, 9.17) is 14.2 Å². The molecule has 0 unspecified atom stereocenters. The van der Waals surface area contributed by atoms with Gasteiger partial charge in [-0.05, 0) is 25.7 Å². The molecule has 0 amide bonds. The van der Waals surface area contributed by atoms with Gasteiger partial charge in [0.25, 0.3) is 0 Å². The summed E-state index contributed by atoms with van der Waals surface area (Å²) in [7, 11) is 0. The van der Waals surface area contributed by atoms with Crippen LogP contribution in [0.1, 0.15) is 26.7 Å². The molecule has 5 fully saturated rings. The molecule has 8 atom stereocenters. The molecule has 0 aromatic carbocycles. The predicted octanol–water partition coefficient (Wildman–Crippen LogP) is -0.866. The minimum atomic E-state index is -2.03. The zero-order valence-electron chi connectivity index (χ0n) is 12.4. The Morgan fingerprint density at radius 1 is 1.23 bits per heavy atom. The highest BCUT2D eigenvalue weighted by molar-refractivity contribution is 5.88. The number of ether oxygens (including phenoxy) is 3. The SMILES string of the molecule is C[C@@H]1C[C@@H]2O[C@H]3C(=O)O[C@@H]4C[C@]13[C@@]2(O)[C@]1(C)COC(=O)[C@]41O. The van der Waals surface area contributed by atoms with Gasteiger partial charge in [0.2, 0.25) is 5.60 Å². The lowest BCUT2D eigenvalue weighted by atomic mass is 9.45. The van der Waals surface area contributed by atoms with E-state index in [2.05, 4.69) is 0 Å². The second kappa shape index (κ2) is 3.20. The molecular formula is C15H18O7. The molecule has 2 aliphatic carbocycles. The van der Waals surface area contributed by atoms with Crippen LogP contribution in [0.5, 0.6) is 0 Å². The first-order valence-corrected chi connectivity index (χ1v) is 7.71. The molecule has 3 saturated heterocycles.